The molecule has 0 saturated heterocycles. The lowest BCUT2D eigenvalue weighted by Gasteiger charge is -2.11. The first-order valence-electron chi connectivity index (χ1n) is 9.90. The molecule has 1 heterocycles. The number of ether oxygens (including phenoxy) is 2. The number of anilines is 1. The predicted octanol–water partition coefficient (Wildman–Crippen LogP) is 2.54. The topological polar surface area (TPSA) is 152 Å². The summed E-state index contributed by atoms with van der Waals surface area (Å²) < 4.78 is 10.9. The highest BCUT2D eigenvalue weighted by Gasteiger charge is 2.22. The third-order valence-corrected chi connectivity index (χ3v) is 4.44. The quantitative estimate of drug-likeness (QED) is 0.200. The SMILES string of the molecule is CCCCCOc1c(OC)cc(/C=N\Nc2nc(C)c(CCO)c(=O)[nH]2)cc1[N+](=O)[O-]. The second-order valence-electron chi connectivity index (χ2n) is 6.71. The molecule has 1 aromatic carbocycles. The van der Waals surface area contributed by atoms with Gasteiger partial charge in [0.15, 0.2) is 5.75 Å². The molecule has 0 amide bonds. The van der Waals surface area contributed by atoms with E-state index in [1.54, 1.807) is 13.0 Å². The van der Waals surface area contributed by atoms with Gasteiger partial charge in [0.05, 0.1) is 30.5 Å². The Morgan fingerprint density at radius 1 is 1.39 bits per heavy atom. The highest BCUT2D eigenvalue weighted by Crippen LogP contribution is 2.38. The molecule has 0 unspecified atom stereocenters. The van der Waals surface area contributed by atoms with E-state index in [2.05, 4.69) is 27.4 Å². The van der Waals surface area contributed by atoms with Crippen molar-refractivity contribution >= 4 is 17.9 Å². The number of hydrogen-bond donors (Lipinski definition) is 3. The molecule has 0 radical (unpaired) electrons. The van der Waals surface area contributed by atoms with Crippen LogP contribution in [-0.2, 0) is 6.42 Å². The van der Waals surface area contributed by atoms with E-state index < -0.39 is 4.92 Å². The number of nitrogens with one attached hydrogen (secondary N) is 2. The van der Waals surface area contributed by atoms with Crippen LogP contribution in [0.2, 0.25) is 0 Å². The van der Waals surface area contributed by atoms with Crippen molar-refractivity contribution < 1.29 is 19.5 Å². The van der Waals surface area contributed by atoms with Gasteiger partial charge in [-0.05, 0) is 19.4 Å². The number of benzene rings is 1. The summed E-state index contributed by atoms with van der Waals surface area (Å²) in [6, 6.07) is 2.90. The highest BCUT2D eigenvalue weighted by atomic mass is 16.6. The number of H-pyrrole nitrogens is 1. The van der Waals surface area contributed by atoms with Crippen molar-refractivity contribution in [1.29, 1.82) is 0 Å². The zero-order valence-electron chi connectivity index (χ0n) is 17.8. The molecule has 0 aliphatic heterocycles. The molecule has 0 aliphatic rings. The Labute approximate surface area is 179 Å². The monoisotopic (exact) mass is 433 g/mol. The number of aromatic amines is 1. The lowest BCUT2D eigenvalue weighted by molar-refractivity contribution is -0.386. The van der Waals surface area contributed by atoms with E-state index in [9.17, 15) is 14.9 Å². The summed E-state index contributed by atoms with van der Waals surface area (Å²) in [5.74, 6) is 0.412. The maximum Gasteiger partial charge on any atom is 0.315 e. The molecule has 0 aliphatic carbocycles. The number of aliphatic hydroxyl groups excluding tert-OH is 1. The molecule has 0 fully saturated rings. The Balaban J connectivity index is 2.23. The van der Waals surface area contributed by atoms with Crippen LogP contribution in [0.15, 0.2) is 22.0 Å². The van der Waals surface area contributed by atoms with Crippen molar-refractivity contribution in [1.82, 2.24) is 9.97 Å². The molecule has 2 aromatic rings. The van der Waals surface area contributed by atoms with Gasteiger partial charge in [0.2, 0.25) is 11.7 Å². The van der Waals surface area contributed by atoms with Gasteiger partial charge in [0.25, 0.3) is 5.56 Å². The van der Waals surface area contributed by atoms with Crippen LogP contribution >= 0.6 is 0 Å². The van der Waals surface area contributed by atoms with Crippen LogP contribution < -0.4 is 20.5 Å². The summed E-state index contributed by atoms with van der Waals surface area (Å²) in [5, 5.41) is 24.5. The number of aliphatic hydroxyl groups is 1. The second kappa shape index (κ2) is 11.6. The van der Waals surface area contributed by atoms with Gasteiger partial charge in [-0.25, -0.2) is 10.4 Å². The summed E-state index contributed by atoms with van der Waals surface area (Å²) in [4.78, 5) is 29.7. The number of aryl methyl sites for hydroxylation is 1. The molecule has 0 saturated carbocycles. The number of methoxy groups -OCH3 is 1. The van der Waals surface area contributed by atoms with Crippen LogP contribution in [0, 0.1) is 17.0 Å². The van der Waals surface area contributed by atoms with Gasteiger partial charge < -0.3 is 14.6 Å². The number of nitrogens with zero attached hydrogens (tertiary/aromatic N) is 3. The maximum absolute atomic E-state index is 12.0. The van der Waals surface area contributed by atoms with Crippen LogP contribution in [-0.4, -0.2) is 46.5 Å². The van der Waals surface area contributed by atoms with Crippen LogP contribution in [0.5, 0.6) is 11.5 Å². The first kappa shape index (κ1) is 23.8. The fourth-order valence-electron chi connectivity index (χ4n) is 2.88. The lowest BCUT2D eigenvalue weighted by Crippen LogP contribution is -2.19. The van der Waals surface area contributed by atoms with Gasteiger partial charge >= 0.3 is 5.69 Å². The number of hydrazone groups is 1. The molecule has 0 atom stereocenters. The van der Waals surface area contributed by atoms with Crippen molar-refractivity contribution in [2.24, 2.45) is 5.10 Å². The molecule has 0 bridgehead atoms. The fourth-order valence-corrected chi connectivity index (χ4v) is 2.88. The minimum absolute atomic E-state index is 0.0785. The molecule has 31 heavy (non-hydrogen) atoms. The minimum Gasteiger partial charge on any atom is -0.493 e. The fraction of sp³-hybridized carbons (Fsp3) is 0.450. The van der Waals surface area contributed by atoms with Crippen LogP contribution in [0.1, 0.15) is 43.0 Å². The van der Waals surface area contributed by atoms with E-state index in [1.165, 1.54) is 19.4 Å². The molecular weight excluding hydrogens is 406 g/mol. The predicted molar refractivity (Wildman–Crippen MR) is 116 cm³/mol. The summed E-state index contributed by atoms with van der Waals surface area (Å²) in [6.45, 7) is 3.91. The standard InChI is InChI=1S/C20H27N5O6/c1-4-5-6-9-31-18-16(25(28)29)10-14(11-17(18)30-3)12-21-24-20-22-13(2)15(7-8-26)19(27)23-20/h10-12,26H,4-9H2,1-3H3,(H2,22,23,24,27)/b21-12-. The van der Waals surface area contributed by atoms with E-state index in [0.717, 1.165) is 19.3 Å². The van der Waals surface area contributed by atoms with Crippen LogP contribution in [0.4, 0.5) is 11.6 Å². The highest BCUT2D eigenvalue weighted by molar-refractivity contribution is 5.83. The average Bonchev–Trinajstić information content (AvgIpc) is 2.73. The van der Waals surface area contributed by atoms with Gasteiger partial charge in [0.1, 0.15) is 0 Å². The van der Waals surface area contributed by atoms with Crippen molar-refractivity contribution in [2.75, 3.05) is 25.7 Å². The van der Waals surface area contributed by atoms with E-state index in [1.807, 2.05) is 0 Å². The maximum atomic E-state index is 12.0. The zero-order chi connectivity index (χ0) is 22.8. The lowest BCUT2D eigenvalue weighted by atomic mass is 10.2. The molecule has 2 rings (SSSR count). The van der Waals surface area contributed by atoms with Gasteiger partial charge in [0, 0.05) is 30.2 Å². The summed E-state index contributed by atoms with van der Waals surface area (Å²) >= 11 is 0. The Hall–Kier alpha value is -3.47. The van der Waals surface area contributed by atoms with Crippen molar-refractivity contribution in [3.63, 3.8) is 0 Å². The molecular formula is C20H27N5O6. The van der Waals surface area contributed by atoms with Crippen molar-refractivity contribution in [3.8, 4) is 11.5 Å². The van der Waals surface area contributed by atoms with E-state index in [0.29, 0.717) is 23.4 Å². The average molecular weight is 433 g/mol. The number of nitro benzene ring substituents is 1. The number of nitro groups is 1. The summed E-state index contributed by atoms with van der Waals surface area (Å²) in [7, 11) is 1.41. The molecule has 1 aromatic heterocycles. The molecule has 3 N–H and O–H groups in total. The minimum atomic E-state index is -0.537. The summed E-state index contributed by atoms with van der Waals surface area (Å²) in [6.07, 6.45) is 4.30. The van der Waals surface area contributed by atoms with E-state index >= 15 is 0 Å². The number of rotatable bonds is 12. The Morgan fingerprint density at radius 3 is 2.77 bits per heavy atom. The van der Waals surface area contributed by atoms with E-state index in [4.69, 9.17) is 14.6 Å². The molecule has 0 spiro atoms. The third kappa shape index (κ3) is 6.51. The van der Waals surface area contributed by atoms with Gasteiger partial charge in [-0.1, -0.05) is 19.8 Å². The van der Waals surface area contributed by atoms with E-state index in [-0.39, 0.29) is 41.7 Å². The molecule has 11 heteroatoms. The number of aromatic nitrogens is 2. The first-order chi connectivity index (χ1) is 14.9. The Bertz CT molecular complexity index is 989. The first-order valence-corrected chi connectivity index (χ1v) is 9.90. The summed E-state index contributed by atoms with van der Waals surface area (Å²) in [5.41, 5.74) is 3.25. The van der Waals surface area contributed by atoms with Gasteiger partial charge in [-0.3, -0.25) is 19.9 Å². The largest absolute Gasteiger partial charge is 0.493 e. The van der Waals surface area contributed by atoms with Crippen LogP contribution in [0.3, 0.4) is 0 Å². The second-order valence-corrected chi connectivity index (χ2v) is 6.71. The molecule has 11 nitrogen and oxygen atoms in total. The third-order valence-electron chi connectivity index (χ3n) is 4.44. The van der Waals surface area contributed by atoms with Crippen molar-refractivity contribution in [2.45, 2.75) is 39.5 Å². The van der Waals surface area contributed by atoms with Crippen molar-refractivity contribution in [3.05, 3.63) is 49.4 Å². The normalized spacial score (nSPS) is 11.0. The molecule has 168 valence electrons. The number of unbranched alkanes of at least 4 members (excludes halogenated alkanes) is 2. The van der Waals surface area contributed by atoms with Gasteiger partial charge in [-0.15, -0.1) is 0 Å². The van der Waals surface area contributed by atoms with Gasteiger partial charge in [-0.2, -0.15) is 5.10 Å². The number of hydrogen-bond acceptors (Lipinski definition) is 9. The zero-order valence-corrected chi connectivity index (χ0v) is 17.8. The Kier molecular flexibility index (Phi) is 8.94. The smallest absolute Gasteiger partial charge is 0.315 e. The Morgan fingerprint density at radius 2 is 2.16 bits per heavy atom. The van der Waals surface area contributed by atoms with Crippen LogP contribution in [0.25, 0.3) is 0 Å².